The molecule has 4 N–H and O–H groups in total. The summed E-state index contributed by atoms with van der Waals surface area (Å²) in [5.74, 6) is -0.279. The van der Waals surface area contributed by atoms with E-state index in [-0.39, 0.29) is 11.8 Å². The highest BCUT2D eigenvalue weighted by Crippen LogP contribution is 2.26. The standard InChI is InChI=1S/C28H25N5O2/c1-17-10-11-18(26(34)32-20-7-4-6-19(15-20)28(2,3)16-29)14-24(17)33-27(35)23-9-5-8-22-21(23)12-13-31-25(22)30/h4-15H,1-3H3,(H2,30,31)(H,32,34)(H,33,35). The van der Waals surface area contributed by atoms with E-state index in [1.54, 1.807) is 60.8 Å². The molecule has 0 radical (unpaired) electrons. The number of nitrogen functional groups attached to an aromatic ring is 1. The second kappa shape index (κ2) is 9.27. The van der Waals surface area contributed by atoms with Crippen LogP contribution in [0.1, 0.15) is 45.7 Å². The van der Waals surface area contributed by atoms with E-state index in [0.29, 0.717) is 39.1 Å². The number of carbonyl (C=O) groups excluding carboxylic acids is 2. The summed E-state index contributed by atoms with van der Waals surface area (Å²) < 4.78 is 0. The smallest absolute Gasteiger partial charge is 0.256 e. The first kappa shape index (κ1) is 23.5. The molecule has 0 aliphatic heterocycles. The fourth-order valence-electron chi connectivity index (χ4n) is 3.77. The van der Waals surface area contributed by atoms with Gasteiger partial charge in [0.2, 0.25) is 0 Å². The van der Waals surface area contributed by atoms with Crippen LogP contribution in [0.4, 0.5) is 17.2 Å². The largest absolute Gasteiger partial charge is 0.383 e. The second-order valence-corrected chi connectivity index (χ2v) is 8.85. The normalized spacial score (nSPS) is 11.0. The Morgan fingerprint density at radius 3 is 2.49 bits per heavy atom. The quantitative estimate of drug-likeness (QED) is 0.364. The summed E-state index contributed by atoms with van der Waals surface area (Å²) in [6.07, 6.45) is 1.57. The number of fused-ring (bicyclic) bond motifs is 1. The Bertz CT molecular complexity index is 1500. The molecule has 2 amide bonds. The van der Waals surface area contributed by atoms with Crippen molar-refractivity contribution in [3.8, 4) is 6.07 Å². The van der Waals surface area contributed by atoms with Crippen LogP contribution in [0.15, 0.2) is 72.9 Å². The average molecular weight is 464 g/mol. The van der Waals surface area contributed by atoms with Crippen molar-refractivity contribution in [3.63, 3.8) is 0 Å². The molecule has 1 aromatic heterocycles. The Kier molecular flexibility index (Phi) is 6.22. The minimum absolute atomic E-state index is 0.312. The van der Waals surface area contributed by atoms with Gasteiger partial charge in [0.05, 0.1) is 11.5 Å². The highest BCUT2D eigenvalue weighted by molar-refractivity contribution is 6.14. The van der Waals surface area contributed by atoms with Crippen molar-refractivity contribution in [3.05, 3.63) is 95.2 Å². The lowest BCUT2D eigenvalue weighted by atomic mass is 9.86. The first-order chi connectivity index (χ1) is 16.7. The molecule has 4 aromatic rings. The van der Waals surface area contributed by atoms with Crippen molar-refractivity contribution in [1.82, 2.24) is 4.98 Å². The summed E-state index contributed by atoms with van der Waals surface area (Å²) in [7, 11) is 0. The number of nitrogens with zero attached hydrogens (tertiary/aromatic N) is 2. The zero-order valence-electron chi connectivity index (χ0n) is 19.7. The average Bonchev–Trinajstić information content (AvgIpc) is 2.85. The molecular formula is C28H25N5O2. The van der Waals surface area contributed by atoms with Crippen molar-refractivity contribution in [2.24, 2.45) is 0 Å². The number of aryl methyl sites for hydroxylation is 1. The van der Waals surface area contributed by atoms with Gasteiger partial charge in [0.1, 0.15) is 5.82 Å². The van der Waals surface area contributed by atoms with Gasteiger partial charge in [-0.05, 0) is 73.7 Å². The summed E-state index contributed by atoms with van der Waals surface area (Å²) in [4.78, 5) is 30.2. The van der Waals surface area contributed by atoms with Crippen LogP contribution >= 0.6 is 0 Å². The van der Waals surface area contributed by atoms with Gasteiger partial charge in [-0.25, -0.2) is 4.98 Å². The lowest BCUT2D eigenvalue weighted by Gasteiger charge is -2.17. The predicted molar refractivity (Wildman–Crippen MR) is 138 cm³/mol. The number of benzene rings is 3. The Morgan fingerprint density at radius 1 is 0.943 bits per heavy atom. The summed E-state index contributed by atoms with van der Waals surface area (Å²) >= 11 is 0. The van der Waals surface area contributed by atoms with E-state index in [9.17, 15) is 14.9 Å². The molecule has 4 rings (SSSR count). The lowest BCUT2D eigenvalue weighted by Crippen LogP contribution is -2.17. The first-order valence-corrected chi connectivity index (χ1v) is 11.1. The third kappa shape index (κ3) is 4.82. The predicted octanol–water partition coefficient (Wildman–Crippen LogP) is 5.43. The van der Waals surface area contributed by atoms with Crippen molar-refractivity contribution >= 4 is 39.8 Å². The van der Waals surface area contributed by atoms with Gasteiger partial charge in [-0.3, -0.25) is 9.59 Å². The van der Waals surface area contributed by atoms with Crippen LogP contribution in [0, 0.1) is 18.3 Å². The molecule has 0 aliphatic carbocycles. The van der Waals surface area contributed by atoms with Gasteiger partial charge in [-0.1, -0.05) is 30.3 Å². The number of nitrogens with two attached hydrogens (primary N) is 1. The van der Waals surface area contributed by atoms with Crippen LogP contribution in [-0.2, 0) is 5.41 Å². The summed E-state index contributed by atoms with van der Waals surface area (Å²) in [6.45, 7) is 5.50. The molecule has 174 valence electrons. The van der Waals surface area contributed by atoms with Gasteiger partial charge in [-0.15, -0.1) is 0 Å². The number of rotatable bonds is 5. The molecule has 1 heterocycles. The number of nitriles is 1. The number of pyridine rings is 1. The van der Waals surface area contributed by atoms with Crippen molar-refractivity contribution in [2.75, 3.05) is 16.4 Å². The maximum Gasteiger partial charge on any atom is 0.256 e. The molecule has 0 bridgehead atoms. The summed E-state index contributed by atoms with van der Waals surface area (Å²) in [5.41, 5.74) is 8.87. The van der Waals surface area contributed by atoms with E-state index in [4.69, 9.17) is 5.73 Å². The molecule has 0 unspecified atom stereocenters. The molecular weight excluding hydrogens is 438 g/mol. The molecule has 0 saturated carbocycles. The number of aromatic nitrogens is 1. The topological polar surface area (TPSA) is 121 Å². The maximum atomic E-state index is 13.1. The van der Waals surface area contributed by atoms with Crippen LogP contribution in [0.25, 0.3) is 10.8 Å². The van der Waals surface area contributed by atoms with Gasteiger partial charge in [-0.2, -0.15) is 5.26 Å². The van der Waals surface area contributed by atoms with Gasteiger partial charge in [0, 0.05) is 34.1 Å². The molecule has 7 nitrogen and oxygen atoms in total. The fourth-order valence-corrected chi connectivity index (χ4v) is 3.77. The van der Waals surface area contributed by atoms with Gasteiger partial charge in [0.15, 0.2) is 0 Å². The Balaban J connectivity index is 1.58. The second-order valence-electron chi connectivity index (χ2n) is 8.85. The number of carbonyl (C=O) groups is 2. The number of hydrogen-bond acceptors (Lipinski definition) is 5. The first-order valence-electron chi connectivity index (χ1n) is 11.1. The third-order valence-electron chi connectivity index (χ3n) is 5.95. The molecule has 7 heteroatoms. The minimum atomic E-state index is -0.676. The molecule has 0 saturated heterocycles. The SMILES string of the molecule is Cc1ccc(C(=O)Nc2cccc(C(C)(C)C#N)c2)cc1NC(=O)c1cccc2c(N)nccc12. The van der Waals surface area contributed by atoms with Crippen LogP contribution in [0.5, 0.6) is 0 Å². The third-order valence-corrected chi connectivity index (χ3v) is 5.95. The van der Waals surface area contributed by atoms with Crippen LogP contribution in [0.2, 0.25) is 0 Å². The van der Waals surface area contributed by atoms with Gasteiger partial charge >= 0.3 is 0 Å². The van der Waals surface area contributed by atoms with Crippen molar-refractivity contribution in [1.29, 1.82) is 5.26 Å². The molecule has 35 heavy (non-hydrogen) atoms. The number of hydrogen-bond donors (Lipinski definition) is 3. The van der Waals surface area contributed by atoms with Crippen molar-refractivity contribution < 1.29 is 9.59 Å². The molecule has 0 aliphatic rings. The zero-order valence-corrected chi connectivity index (χ0v) is 19.7. The minimum Gasteiger partial charge on any atom is -0.383 e. The van der Waals surface area contributed by atoms with Crippen LogP contribution in [-0.4, -0.2) is 16.8 Å². The molecule has 3 aromatic carbocycles. The van der Waals surface area contributed by atoms with Gasteiger partial charge < -0.3 is 16.4 Å². The summed E-state index contributed by atoms with van der Waals surface area (Å²) in [6, 6.07) is 21.7. The van der Waals surface area contributed by atoms with Crippen LogP contribution < -0.4 is 16.4 Å². The number of anilines is 3. The fraction of sp³-hybridized carbons (Fsp3) is 0.143. The van der Waals surface area contributed by atoms with E-state index in [2.05, 4.69) is 21.7 Å². The highest BCUT2D eigenvalue weighted by atomic mass is 16.2. The van der Waals surface area contributed by atoms with Gasteiger partial charge in [0.25, 0.3) is 11.8 Å². The van der Waals surface area contributed by atoms with E-state index in [0.717, 1.165) is 11.1 Å². The number of nitrogens with one attached hydrogen (secondary N) is 2. The van der Waals surface area contributed by atoms with Crippen molar-refractivity contribution in [2.45, 2.75) is 26.2 Å². The molecule has 0 atom stereocenters. The maximum absolute atomic E-state index is 13.1. The lowest BCUT2D eigenvalue weighted by molar-refractivity contribution is 0.101. The van der Waals surface area contributed by atoms with E-state index >= 15 is 0 Å². The summed E-state index contributed by atoms with van der Waals surface area (Å²) in [5, 5.41) is 16.6. The Hall–Kier alpha value is -4.70. The monoisotopic (exact) mass is 463 g/mol. The van der Waals surface area contributed by atoms with Crippen LogP contribution in [0.3, 0.4) is 0 Å². The Morgan fingerprint density at radius 2 is 1.71 bits per heavy atom. The Labute approximate surface area is 203 Å². The van der Waals surface area contributed by atoms with E-state index in [1.807, 2.05) is 32.9 Å². The van der Waals surface area contributed by atoms with E-state index < -0.39 is 5.41 Å². The van der Waals surface area contributed by atoms with E-state index in [1.165, 1.54) is 0 Å². The zero-order chi connectivity index (χ0) is 25.2. The number of amides is 2. The molecule has 0 spiro atoms. The highest BCUT2D eigenvalue weighted by Gasteiger charge is 2.20. The molecule has 0 fully saturated rings.